The Bertz CT molecular complexity index is 1170. The molecule has 1 unspecified atom stereocenters. The highest BCUT2D eigenvalue weighted by Crippen LogP contribution is 2.35. The fourth-order valence-corrected chi connectivity index (χ4v) is 4.53. The molecule has 2 fully saturated rings. The highest BCUT2D eigenvalue weighted by atomic mass is 16.5. The van der Waals surface area contributed by atoms with Crippen molar-refractivity contribution < 1.29 is 9.53 Å². The molecule has 1 saturated heterocycles. The molecule has 0 radical (unpaired) electrons. The van der Waals surface area contributed by atoms with Crippen molar-refractivity contribution in [2.45, 2.75) is 37.8 Å². The molecule has 1 aliphatic carbocycles. The number of aryl methyl sites for hydroxylation is 1. The van der Waals surface area contributed by atoms with Crippen molar-refractivity contribution in [1.82, 2.24) is 19.8 Å². The smallest absolute Gasteiger partial charge is 0.261 e. The summed E-state index contributed by atoms with van der Waals surface area (Å²) in [5, 5.41) is 3.88. The minimum absolute atomic E-state index is 0.00740. The lowest BCUT2D eigenvalue weighted by Gasteiger charge is -2.31. The van der Waals surface area contributed by atoms with Gasteiger partial charge < -0.3 is 10.1 Å². The van der Waals surface area contributed by atoms with Gasteiger partial charge in [-0.15, -0.1) is 0 Å². The predicted molar refractivity (Wildman–Crippen MR) is 127 cm³/mol. The number of benzene rings is 2. The minimum Gasteiger partial charge on any atom is -0.379 e. The number of hydrogen-bond donors (Lipinski definition) is 1. The van der Waals surface area contributed by atoms with Crippen LogP contribution in [0.1, 0.15) is 42.7 Å². The number of para-hydroxylation sites is 1. The van der Waals surface area contributed by atoms with Gasteiger partial charge in [0.1, 0.15) is 5.82 Å². The molecule has 7 heteroatoms. The number of morpholine rings is 1. The summed E-state index contributed by atoms with van der Waals surface area (Å²) in [5.74, 6) is 0.683. The molecule has 1 amide bonds. The van der Waals surface area contributed by atoms with Crippen LogP contribution in [0.4, 0.5) is 0 Å². The van der Waals surface area contributed by atoms with Gasteiger partial charge in [0, 0.05) is 38.5 Å². The summed E-state index contributed by atoms with van der Waals surface area (Å²) < 4.78 is 7.29. The van der Waals surface area contributed by atoms with Crippen LogP contribution in [0.5, 0.6) is 0 Å². The van der Waals surface area contributed by atoms with E-state index in [1.807, 2.05) is 47.0 Å². The summed E-state index contributed by atoms with van der Waals surface area (Å²) in [4.78, 5) is 33.2. The zero-order chi connectivity index (χ0) is 22.6. The third-order valence-electron chi connectivity index (χ3n) is 6.45. The van der Waals surface area contributed by atoms with Crippen LogP contribution in [0.15, 0.2) is 59.4 Å². The maximum Gasteiger partial charge on any atom is 0.261 e. The van der Waals surface area contributed by atoms with E-state index in [9.17, 15) is 9.59 Å². The average molecular weight is 447 g/mol. The Morgan fingerprint density at radius 2 is 1.79 bits per heavy atom. The van der Waals surface area contributed by atoms with Crippen LogP contribution in [0, 0.1) is 0 Å². The Labute approximate surface area is 193 Å². The number of carbonyl (C=O) groups excluding carboxylic acids is 1. The van der Waals surface area contributed by atoms with E-state index in [1.54, 1.807) is 0 Å². The largest absolute Gasteiger partial charge is 0.379 e. The molecule has 33 heavy (non-hydrogen) atoms. The van der Waals surface area contributed by atoms with Gasteiger partial charge in [-0.2, -0.15) is 0 Å². The molecule has 2 heterocycles. The van der Waals surface area contributed by atoms with Gasteiger partial charge in [-0.1, -0.05) is 42.5 Å². The van der Waals surface area contributed by atoms with Crippen LogP contribution in [0.2, 0.25) is 0 Å². The second kappa shape index (κ2) is 9.85. The Kier molecular flexibility index (Phi) is 6.51. The first-order valence-corrected chi connectivity index (χ1v) is 11.8. The second-order valence-corrected chi connectivity index (χ2v) is 8.90. The fourth-order valence-electron chi connectivity index (χ4n) is 4.53. The summed E-state index contributed by atoms with van der Waals surface area (Å²) in [6.07, 6.45) is 2.73. The standard InChI is InChI=1S/C26H30N4O3/c31-25(28-23(19-6-2-1-3-7-19)18-29-14-16-33-17-15-29)13-12-24-27-22-9-5-4-8-21(22)26(32)30(24)20-10-11-20/h1-9,20,23H,10-18H2,(H,28,31). The number of carbonyl (C=O) groups is 1. The Morgan fingerprint density at radius 3 is 2.55 bits per heavy atom. The average Bonchev–Trinajstić information content (AvgIpc) is 3.69. The number of fused-ring (bicyclic) bond motifs is 1. The van der Waals surface area contributed by atoms with E-state index in [0.29, 0.717) is 29.6 Å². The van der Waals surface area contributed by atoms with Gasteiger partial charge in [-0.05, 0) is 30.5 Å². The summed E-state index contributed by atoms with van der Waals surface area (Å²) in [6.45, 7) is 3.94. The monoisotopic (exact) mass is 446 g/mol. The summed E-state index contributed by atoms with van der Waals surface area (Å²) >= 11 is 0. The minimum atomic E-state index is -0.0908. The van der Waals surface area contributed by atoms with Gasteiger partial charge in [0.2, 0.25) is 5.91 Å². The molecular formula is C26H30N4O3. The molecule has 2 aromatic carbocycles. The molecule has 1 atom stereocenters. The van der Waals surface area contributed by atoms with E-state index in [2.05, 4.69) is 22.3 Å². The normalized spacial score (nSPS) is 17.7. The van der Waals surface area contributed by atoms with Gasteiger partial charge in [-0.25, -0.2) is 4.98 Å². The predicted octanol–water partition coefficient (Wildman–Crippen LogP) is 2.85. The molecule has 1 aliphatic heterocycles. The van der Waals surface area contributed by atoms with Crippen LogP contribution >= 0.6 is 0 Å². The second-order valence-electron chi connectivity index (χ2n) is 8.90. The van der Waals surface area contributed by atoms with E-state index >= 15 is 0 Å². The van der Waals surface area contributed by atoms with Crippen molar-refractivity contribution in [2.75, 3.05) is 32.8 Å². The van der Waals surface area contributed by atoms with Crippen LogP contribution < -0.4 is 10.9 Å². The molecular weight excluding hydrogens is 416 g/mol. The molecule has 172 valence electrons. The van der Waals surface area contributed by atoms with Gasteiger partial charge >= 0.3 is 0 Å². The van der Waals surface area contributed by atoms with Gasteiger partial charge in [0.25, 0.3) is 5.56 Å². The number of nitrogens with zero attached hydrogens (tertiary/aromatic N) is 3. The van der Waals surface area contributed by atoms with Gasteiger partial charge in [0.15, 0.2) is 0 Å². The highest BCUT2D eigenvalue weighted by molar-refractivity contribution is 5.78. The number of rotatable bonds is 8. The van der Waals surface area contributed by atoms with Crippen LogP contribution in [-0.4, -0.2) is 53.2 Å². The Morgan fingerprint density at radius 1 is 1.06 bits per heavy atom. The third kappa shape index (κ3) is 5.15. The quantitative estimate of drug-likeness (QED) is 0.576. The van der Waals surface area contributed by atoms with Crippen molar-refractivity contribution in [2.24, 2.45) is 0 Å². The van der Waals surface area contributed by atoms with Crippen LogP contribution in [0.25, 0.3) is 10.9 Å². The van der Waals surface area contributed by atoms with Crippen molar-refractivity contribution in [3.8, 4) is 0 Å². The first kappa shape index (κ1) is 21.8. The van der Waals surface area contributed by atoms with Crippen LogP contribution in [0.3, 0.4) is 0 Å². The molecule has 1 saturated carbocycles. The van der Waals surface area contributed by atoms with Crippen molar-refractivity contribution in [1.29, 1.82) is 0 Å². The fraction of sp³-hybridized carbons (Fsp3) is 0.423. The first-order chi connectivity index (χ1) is 16.2. The lowest BCUT2D eigenvalue weighted by atomic mass is 10.1. The number of nitrogens with one attached hydrogen (secondary N) is 1. The number of aromatic nitrogens is 2. The zero-order valence-electron chi connectivity index (χ0n) is 18.8. The Balaban J connectivity index is 1.31. The molecule has 5 rings (SSSR count). The molecule has 3 aromatic rings. The zero-order valence-corrected chi connectivity index (χ0v) is 18.8. The van der Waals surface area contributed by atoms with Crippen molar-refractivity contribution in [3.05, 3.63) is 76.3 Å². The topological polar surface area (TPSA) is 76.5 Å². The van der Waals surface area contributed by atoms with E-state index in [1.165, 1.54) is 0 Å². The first-order valence-electron chi connectivity index (χ1n) is 11.8. The molecule has 0 bridgehead atoms. The van der Waals surface area contributed by atoms with Crippen molar-refractivity contribution in [3.63, 3.8) is 0 Å². The molecule has 0 spiro atoms. The molecule has 7 nitrogen and oxygen atoms in total. The summed E-state index contributed by atoms with van der Waals surface area (Å²) in [7, 11) is 0. The van der Waals surface area contributed by atoms with Crippen molar-refractivity contribution >= 4 is 16.8 Å². The summed E-state index contributed by atoms with van der Waals surface area (Å²) in [6, 6.07) is 17.7. The SMILES string of the molecule is O=C(CCc1nc2ccccc2c(=O)n1C1CC1)NC(CN1CCOCC1)c1ccccc1. The maximum absolute atomic E-state index is 13.1. The molecule has 1 aromatic heterocycles. The lowest BCUT2D eigenvalue weighted by molar-refractivity contribution is -0.122. The Hall–Kier alpha value is -3.03. The maximum atomic E-state index is 13.1. The number of amides is 1. The van der Waals surface area contributed by atoms with E-state index < -0.39 is 0 Å². The summed E-state index contributed by atoms with van der Waals surface area (Å²) in [5.41, 5.74) is 1.80. The van der Waals surface area contributed by atoms with E-state index in [4.69, 9.17) is 9.72 Å². The highest BCUT2D eigenvalue weighted by Gasteiger charge is 2.28. The van der Waals surface area contributed by atoms with Crippen LogP contribution in [-0.2, 0) is 16.0 Å². The van der Waals surface area contributed by atoms with E-state index in [-0.39, 0.29) is 23.6 Å². The third-order valence-corrected chi connectivity index (χ3v) is 6.45. The molecule has 2 aliphatic rings. The van der Waals surface area contributed by atoms with Gasteiger partial charge in [-0.3, -0.25) is 19.1 Å². The molecule has 1 N–H and O–H groups in total. The number of ether oxygens (including phenoxy) is 1. The number of hydrogen-bond acceptors (Lipinski definition) is 5. The lowest BCUT2D eigenvalue weighted by Crippen LogP contribution is -2.43. The van der Waals surface area contributed by atoms with Gasteiger partial charge in [0.05, 0.1) is 30.2 Å². The van der Waals surface area contributed by atoms with E-state index in [0.717, 1.165) is 51.3 Å².